The van der Waals surface area contributed by atoms with Gasteiger partial charge in [0.25, 0.3) is 0 Å². The first-order chi connectivity index (χ1) is 14.7. The Kier molecular flexibility index (Phi) is 5.75. The average molecular weight is 401 g/mol. The van der Waals surface area contributed by atoms with Crippen LogP contribution in [0.25, 0.3) is 11.3 Å². The summed E-state index contributed by atoms with van der Waals surface area (Å²) in [6.45, 7) is 0.764. The smallest absolute Gasteiger partial charge is 0.358 e. The highest BCUT2D eigenvalue weighted by Gasteiger charge is 2.17. The van der Waals surface area contributed by atoms with Gasteiger partial charge in [0.15, 0.2) is 11.5 Å². The fraction of sp³-hybridized carbons (Fsp3) is 0.0833. The Bertz CT molecular complexity index is 1120. The van der Waals surface area contributed by atoms with Gasteiger partial charge in [0, 0.05) is 12.1 Å². The lowest BCUT2D eigenvalue weighted by Gasteiger charge is -2.13. The number of hydrogen-bond acceptors (Lipinski definition) is 5. The maximum absolute atomic E-state index is 11.1. The molecule has 1 heterocycles. The minimum atomic E-state index is -1.15. The Balaban J connectivity index is 1.59. The third-order valence-electron chi connectivity index (χ3n) is 4.43. The van der Waals surface area contributed by atoms with Crippen molar-refractivity contribution in [1.82, 2.24) is 5.16 Å². The molecule has 150 valence electrons. The molecular weight excluding hydrogens is 382 g/mol. The minimum Gasteiger partial charge on any atom is -0.489 e. The largest absolute Gasteiger partial charge is 0.489 e. The summed E-state index contributed by atoms with van der Waals surface area (Å²) in [6, 6.07) is 26.3. The standard InChI is InChI=1S/C24H19NO5/c26-24(27)21-14-23(30-25-21)20-12-11-19(28-15-17-7-3-1-4-8-17)13-22(20)29-16-18-9-5-2-6-10-18/h1-14H,15-16H2,(H,26,27). The molecule has 0 fully saturated rings. The number of hydrogen-bond donors (Lipinski definition) is 1. The van der Waals surface area contributed by atoms with Crippen LogP contribution in [0.2, 0.25) is 0 Å². The van der Waals surface area contributed by atoms with Gasteiger partial charge in [-0.3, -0.25) is 0 Å². The molecule has 4 rings (SSSR count). The van der Waals surface area contributed by atoms with Crippen molar-refractivity contribution in [1.29, 1.82) is 0 Å². The molecule has 0 radical (unpaired) electrons. The van der Waals surface area contributed by atoms with Crippen molar-refractivity contribution in [2.45, 2.75) is 13.2 Å². The van der Waals surface area contributed by atoms with Crippen LogP contribution in [0.1, 0.15) is 21.6 Å². The molecule has 0 spiro atoms. The molecule has 0 saturated carbocycles. The molecule has 1 N–H and O–H groups in total. The lowest BCUT2D eigenvalue weighted by Crippen LogP contribution is -1.99. The predicted octanol–water partition coefficient (Wildman–Crippen LogP) is 5.20. The zero-order valence-electron chi connectivity index (χ0n) is 16.0. The summed E-state index contributed by atoms with van der Waals surface area (Å²) in [4.78, 5) is 11.1. The lowest BCUT2D eigenvalue weighted by molar-refractivity contribution is 0.0686. The van der Waals surface area contributed by atoms with Crippen LogP contribution < -0.4 is 9.47 Å². The SMILES string of the molecule is O=C(O)c1cc(-c2ccc(OCc3ccccc3)cc2OCc2ccccc2)on1. The van der Waals surface area contributed by atoms with Crippen molar-refractivity contribution in [3.8, 4) is 22.8 Å². The van der Waals surface area contributed by atoms with Gasteiger partial charge >= 0.3 is 5.97 Å². The molecule has 6 heteroatoms. The van der Waals surface area contributed by atoms with Gasteiger partial charge in [-0.25, -0.2) is 4.79 Å². The maximum Gasteiger partial charge on any atom is 0.358 e. The van der Waals surface area contributed by atoms with Crippen LogP contribution in [0.4, 0.5) is 0 Å². The Morgan fingerprint density at radius 1 is 0.833 bits per heavy atom. The number of carbonyl (C=O) groups is 1. The fourth-order valence-electron chi connectivity index (χ4n) is 2.89. The average Bonchev–Trinajstić information content (AvgIpc) is 3.28. The van der Waals surface area contributed by atoms with E-state index in [-0.39, 0.29) is 5.69 Å². The van der Waals surface area contributed by atoms with Gasteiger partial charge in [0.1, 0.15) is 24.7 Å². The number of nitrogens with zero attached hydrogens (tertiary/aromatic N) is 1. The van der Waals surface area contributed by atoms with Crippen molar-refractivity contribution >= 4 is 5.97 Å². The number of carboxylic acids is 1. The minimum absolute atomic E-state index is 0.164. The molecule has 0 unspecified atom stereocenters. The van der Waals surface area contributed by atoms with E-state index in [1.165, 1.54) is 6.07 Å². The summed E-state index contributed by atoms with van der Waals surface area (Å²) in [5.74, 6) is 0.297. The van der Waals surface area contributed by atoms with E-state index < -0.39 is 5.97 Å². The van der Waals surface area contributed by atoms with E-state index in [0.29, 0.717) is 36.0 Å². The van der Waals surface area contributed by atoms with Crippen molar-refractivity contribution in [3.05, 3.63) is 102 Å². The highest BCUT2D eigenvalue weighted by molar-refractivity contribution is 5.86. The van der Waals surface area contributed by atoms with Crippen molar-refractivity contribution in [2.24, 2.45) is 0 Å². The summed E-state index contributed by atoms with van der Waals surface area (Å²) in [5.41, 5.74) is 2.49. The molecule has 0 aliphatic heterocycles. The third kappa shape index (κ3) is 4.67. The van der Waals surface area contributed by atoms with Crippen LogP contribution >= 0.6 is 0 Å². The molecule has 1 aromatic heterocycles. The molecule has 30 heavy (non-hydrogen) atoms. The Morgan fingerprint density at radius 3 is 2.07 bits per heavy atom. The molecule has 4 aromatic rings. The summed E-state index contributed by atoms with van der Waals surface area (Å²) < 4.78 is 17.1. The quantitative estimate of drug-likeness (QED) is 0.437. The van der Waals surface area contributed by atoms with Crippen molar-refractivity contribution < 1.29 is 23.9 Å². The number of rotatable bonds is 8. The second-order valence-electron chi connectivity index (χ2n) is 6.59. The van der Waals surface area contributed by atoms with Gasteiger partial charge < -0.3 is 19.1 Å². The predicted molar refractivity (Wildman–Crippen MR) is 110 cm³/mol. The third-order valence-corrected chi connectivity index (χ3v) is 4.43. The fourth-order valence-corrected chi connectivity index (χ4v) is 2.89. The van der Waals surface area contributed by atoms with Gasteiger partial charge in [-0.1, -0.05) is 65.8 Å². The molecular formula is C24H19NO5. The van der Waals surface area contributed by atoms with E-state index >= 15 is 0 Å². The van der Waals surface area contributed by atoms with Gasteiger partial charge in [0.2, 0.25) is 0 Å². The highest BCUT2D eigenvalue weighted by atomic mass is 16.5. The van der Waals surface area contributed by atoms with Crippen LogP contribution in [0.3, 0.4) is 0 Å². The van der Waals surface area contributed by atoms with Gasteiger partial charge in [-0.05, 0) is 23.3 Å². The zero-order chi connectivity index (χ0) is 20.8. The maximum atomic E-state index is 11.1. The second-order valence-corrected chi connectivity index (χ2v) is 6.59. The van der Waals surface area contributed by atoms with Crippen molar-refractivity contribution in [2.75, 3.05) is 0 Å². The van der Waals surface area contributed by atoms with Crippen LogP contribution in [0, 0.1) is 0 Å². The topological polar surface area (TPSA) is 81.8 Å². The van der Waals surface area contributed by atoms with E-state index in [1.54, 1.807) is 18.2 Å². The van der Waals surface area contributed by atoms with E-state index in [0.717, 1.165) is 11.1 Å². The first-order valence-corrected chi connectivity index (χ1v) is 9.37. The molecule has 3 aromatic carbocycles. The molecule has 0 atom stereocenters. The summed E-state index contributed by atoms with van der Waals surface area (Å²) in [6.07, 6.45) is 0. The van der Waals surface area contributed by atoms with E-state index in [4.69, 9.17) is 19.1 Å². The van der Waals surface area contributed by atoms with E-state index in [9.17, 15) is 4.79 Å². The Morgan fingerprint density at radius 2 is 1.47 bits per heavy atom. The number of aromatic nitrogens is 1. The monoisotopic (exact) mass is 401 g/mol. The van der Waals surface area contributed by atoms with E-state index in [1.807, 2.05) is 60.7 Å². The molecule has 0 bridgehead atoms. The number of aromatic carboxylic acids is 1. The molecule has 0 saturated heterocycles. The molecule has 6 nitrogen and oxygen atoms in total. The van der Waals surface area contributed by atoms with E-state index in [2.05, 4.69) is 5.16 Å². The molecule has 0 amide bonds. The van der Waals surface area contributed by atoms with Gasteiger partial charge in [0.05, 0.1) is 5.56 Å². The molecule has 0 aliphatic rings. The number of ether oxygens (including phenoxy) is 2. The van der Waals surface area contributed by atoms with Crippen LogP contribution in [-0.4, -0.2) is 16.2 Å². The highest BCUT2D eigenvalue weighted by Crippen LogP contribution is 2.34. The number of carboxylic acid groups (broad SMARTS) is 1. The van der Waals surface area contributed by atoms with Crippen LogP contribution in [0.5, 0.6) is 11.5 Å². The Labute approximate surface area is 173 Å². The summed E-state index contributed by atoms with van der Waals surface area (Å²) in [5, 5.41) is 12.7. The van der Waals surface area contributed by atoms with Crippen LogP contribution in [-0.2, 0) is 13.2 Å². The van der Waals surface area contributed by atoms with Gasteiger partial charge in [-0.15, -0.1) is 0 Å². The summed E-state index contributed by atoms with van der Waals surface area (Å²) in [7, 11) is 0. The van der Waals surface area contributed by atoms with Gasteiger partial charge in [-0.2, -0.15) is 0 Å². The number of benzene rings is 3. The second kappa shape index (κ2) is 8.96. The summed E-state index contributed by atoms with van der Waals surface area (Å²) >= 11 is 0. The normalized spacial score (nSPS) is 10.5. The lowest BCUT2D eigenvalue weighted by atomic mass is 10.1. The zero-order valence-corrected chi connectivity index (χ0v) is 16.0. The van der Waals surface area contributed by atoms with Crippen LogP contribution in [0.15, 0.2) is 89.5 Å². The van der Waals surface area contributed by atoms with Crippen molar-refractivity contribution in [3.63, 3.8) is 0 Å². The first-order valence-electron chi connectivity index (χ1n) is 9.37. The molecule has 0 aliphatic carbocycles. The Hall–Kier alpha value is -4.06. The first kappa shape index (κ1) is 19.3.